The van der Waals surface area contributed by atoms with Gasteiger partial charge in [-0.2, -0.15) is 0 Å². The number of ether oxygens (including phenoxy) is 1. The zero-order valence-corrected chi connectivity index (χ0v) is 16.3. The van der Waals surface area contributed by atoms with Crippen LogP contribution in [0.5, 0.6) is 0 Å². The lowest BCUT2D eigenvalue weighted by atomic mass is 9.69. The van der Waals surface area contributed by atoms with Crippen molar-refractivity contribution in [3.8, 4) is 0 Å². The summed E-state index contributed by atoms with van der Waals surface area (Å²) in [6, 6.07) is 0. The largest absolute Gasteiger partial charge is 0.378 e. The lowest BCUT2D eigenvalue weighted by Gasteiger charge is -2.44. The van der Waals surface area contributed by atoms with Crippen LogP contribution in [0.2, 0.25) is 0 Å². The average Bonchev–Trinajstić information content (AvgIpc) is 2.53. The molecule has 3 heteroatoms. The molecule has 0 aromatic rings. The number of piperazine rings is 1. The van der Waals surface area contributed by atoms with Crippen LogP contribution in [0.25, 0.3) is 0 Å². The van der Waals surface area contributed by atoms with Gasteiger partial charge in [0.15, 0.2) is 0 Å². The third kappa shape index (κ3) is 6.03. The molecule has 0 aromatic carbocycles. The number of likely N-dealkylation sites (N-methyl/N-ethyl adjacent to an activating group) is 1. The fraction of sp³-hybridized carbons (Fsp3) is 1.00. The van der Waals surface area contributed by atoms with Gasteiger partial charge in [-0.05, 0) is 56.5 Å². The Kier molecular flexibility index (Phi) is 7.37. The van der Waals surface area contributed by atoms with E-state index in [1.807, 2.05) is 0 Å². The molecule has 0 amide bonds. The van der Waals surface area contributed by atoms with Gasteiger partial charge in [-0.15, -0.1) is 0 Å². The van der Waals surface area contributed by atoms with Gasteiger partial charge in [-0.1, -0.05) is 34.1 Å². The van der Waals surface area contributed by atoms with E-state index in [0.717, 1.165) is 12.5 Å². The van der Waals surface area contributed by atoms with Crippen molar-refractivity contribution in [3.05, 3.63) is 0 Å². The maximum atomic E-state index is 6.09. The summed E-state index contributed by atoms with van der Waals surface area (Å²) in [5.41, 5.74) is 0.529. The Hall–Kier alpha value is -0.120. The van der Waals surface area contributed by atoms with Crippen molar-refractivity contribution < 1.29 is 4.74 Å². The minimum atomic E-state index is 0.475. The zero-order chi connectivity index (χ0) is 16.9. The molecule has 2 atom stereocenters. The second-order valence-electron chi connectivity index (χ2n) is 8.93. The van der Waals surface area contributed by atoms with Gasteiger partial charge in [-0.25, -0.2) is 0 Å². The molecule has 136 valence electrons. The van der Waals surface area contributed by atoms with E-state index in [2.05, 4.69) is 44.5 Å². The summed E-state index contributed by atoms with van der Waals surface area (Å²) in [7, 11) is 2.24. The summed E-state index contributed by atoms with van der Waals surface area (Å²) in [6.45, 7) is 16.6. The van der Waals surface area contributed by atoms with Crippen molar-refractivity contribution in [3.63, 3.8) is 0 Å². The number of hydrogen-bond donors (Lipinski definition) is 0. The fourth-order valence-electron chi connectivity index (χ4n) is 4.08. The molecule has 3 nitrogen and oxygen atoms in total. The van der Waals surface area contributed by atoms with Gasteiger partial charge in [0.2, 0.25) is 0 Å². The number of hydrogen-bond acceptors (Lipinski definition) is 3. The highest BCUT2D eigenvalue weighted by atomic mass is 16.5. The summed E-state index contributed by atoms with van der Waals surface area (Å²) in [4.78, 5) is 5.14. The minimum absolute atomic E-state index is 0.475. The van der Waals surface area contributed by atoms with E-state index in [0.29, 0.717) is 17.4 Å². The first-order valence-electron chi connectivity index (χ1n) is 9.93. The Morgan fingerprint density at radius 1 is 1.04 bits per heavy atom. The van der Waals surface area contributed by atoms with Crippen molar-refractivity contribution in [2.45, 2.75) is 65.9 Å². The standard InChI is InChI=1S/C20H40N2O/c1-17(2)6-7-20(9-15-23-19(16-20)18(3)4)8-10-22-13-11-21(5)12-14-22/h17-19H,6-16H2,1-5H3/t19-,20+/m1/s1. The van der Waals surface area contributed by atoms with Crippen LogP contribution in [0, 0.1) is 17.3 Å². The first kappa shape index (κ1) is 19.2. The molecule has 0 aliphatic carbocycles. The fourth-order valence-corrected chi connectivity index (χ4v) is 4.08. The lowest BCUT2D eigenvalue weighted by molar-refractivity contribution is -0.0790. The summed E-state index contributed by atoms with van der Waals surface area (Å²) in [5, 5.41) is 0. The Labute approximate surface area is 144 Å². The predicted molar refractivity (Wildman–Crippen MR) is 98.9 cm³/mol. The normalized spacial score (nSPS) is 31.2. The Morgan fingerprint density at radius 3 is 2.35 bits per heavy atom. The smallest absolute Gasteiger partial charge is 0.0603 e. The Morgan fingerprint density at radius 2 is 1.74 bits per heavy atom. The van der Waals surface area contributed by atoms with Crippen LogP contribution in [0.1, 0.15) is 59.8 Å². The molecule has 0 spiro atoms. The number of nitrogens with zero attached hydrogens (tertiary/aromatic N) is 2. The minimum Gasteiger partial charge on any atom is -0.378 e. The summed E-state index contributed by atoms with van der Waals surface area (Å²) >= 11 is 0. The molecule has 0 bridgehead atoms. The third-order valence-electron chi connectivity index (χ3n) is 6.15. The van der Waals surface area contributed by atoms with E-state index in [1.165, 1.54) is 64.8 Å². The molecule has 2 fully saturated rings. The van der Waals surface area contributed by atoms with Crippen molar-refractivity contribution in [1.29, 1.82) is 0 Å². The van der Waals surface area contributed by atoms with Crippen LogP contribution in [-0.4, -0.2) is 62.3 Å². The molecule has 2 saturated heterocycles. The quantitative estimate of drug-likeness (QED) is 0.707. The van der Waals surface area contributed by atoms with Crippen LogP contribution in [-0.2, 0) is 4.74 Å². The number of rotatable bonds is 7. The van der Waals surface area contributed by atoms with E-state index >= 15 is 0 Å². The maximum Gasteiger partial charge on any atom is 0.0603 e. The van der Waals surface area contributed by atoms with Crippen LogP contribution in [0.15, 0.2) is 0 Å². The SMILES string of the molecule is CC(C)CC[C@]1(CCN2CCN(C)CC2)CCO[C@@H](C(C)C)C1. The van der Waals surface area contributed by atoms with Gasteiger partial charge in [0.05, 0.1) is 6.10 Å². The summed E-state index contributed by atoms with van der Waals surface area (Å²) < 4.78 is 6.09. The maximum absolute atomic E-state index is 6.09. The molecule has 0 N–H and O–H groups in total. The van der Waals surface area contributed by atoms with E-state index in [1.54, 1.807) is 0 Å². The Bertz CT molecular complexity index is 337. The van der Waals surface area contributed by atoms with E-state index in [9.17, 15) is 0 Å². The van der Waals surface area contributed by atoms with Crippen molar-refractivity contribution in [1.82, 2.24) is 9.80 Å². The summed E-state index contributed by atoms with van der Waals surface area (Å²) in [6.07, 6.45) is 7.17. The van der Waals surface area contributed by atoms with Crippen molar-refractivity contribution >= 4 is 0 Å². The highest BCUT2D eigenvalue weighted by Crippen LogP contribution is 2.43. The lowest BCUT2D eigenvalue weighted by Crippen LogP contribution is -2.46. The molecular weight excluding hydrogens is 284 g/mol. The van der Waals surface area contributed by atoms with Crippen molar-refractivity contribution in [2.75, 3.05) is 46.4 Å². The van der Waals surface area contributed by atoms with E-state index < -0.39 is 0 Å². The molecule has 2 aliphatic heterocycles. The molecule has 0 aromatic heterocycles. The topological polar surface area (TPSA) is 15.7 Å². The van der Waals surface area contributed by atoms with Gasteiger partial charge in [-0.3, -0.25) is 0 Å². The van der Waals surface area contributed by atoms with Gasteiger partial charge in [0, 0.05) is 32.8 Å². The molecule has 23 heavy (non-hydrogen) atoms. The monoisotopic (exact) mass is 324 g/mol. The van der Waals surface area contributed by atoms with Crippen LogP contribution in [0.3, 0.4) is 0 Å². The van der Waals surface area contributed by atoms with Crippen LogP contribution < -0.4 is 0 Å². The predicted octanol–water partition coefficient (Wildman–Crippen LogP) is 3.88. The average molecular weight is 325 g/mol. The van der Waals surface area contributed by atoms with Crippen LogP contribution in [0.4, 0.5) is 0 Å². The highest BCUT2D eigenvalue weighted by molar-refractivity contribution is 4.88. The van der Waals surface area contributed by atoms with Crippen molar-refractivity contribution in [2.24, 2.45) is 17.3 Å². The highest BCUT2D eigenvalue weighted by Gasteiger charge is 2.38. The van der Waals surface area contributed by atoms with Gasteiger partial charge < -0.3 is 14.5 Å². The molecule has 2 aliphatic rings. The molecule has 0 saturated carbocycles. The molecule has 0 radical (unpaired) electrons. The van der Waals surface area contributed by atoms with E-state index in [-0.39, 0.29) is 0 Å². The second-order valence-corrected chi connectivity index (χ2v) is 8.93. The third-order valence-corrected chi connectivity index (χ3v) is 6.15. The van der Waals surface area contributed by atoms with Gasteiger partial charge >= 0.3 is 0 Å². The second kappa shape index (κ2) is 8.82. The molecule has 0 unspecified atom stereocenters. The first-order chi connectivity index (χ1) is 10.9. The van der Waals surface area contributed by atoms with Gasteiger partial charge in [0.1, 0.15) is 0 Å². The molecular formula is C20H40N2O. The van der Waals surface area contributed by atoms with Crippen LogP contribution >= 0.6 is 0 Å². The van der Waals surface area contributed by atoms with Gasteiger partial charge in [0.25, 0.3) is 0 Å². The van der Waals surface area contributed by atoms with E-state index in [4.69, 9.17) is 4.74 Å². The zero-order valence-electron chi connectivity index (χ0n) is 16.3. The Balaban J connectivity index is 1.93. The first-order valence-corrected chi connectivity index (χ1v) is 9.93. The summed E-state index contributed by atoms with van der Waals surface area (Å²) in [5.74, 6) is 1.47. The molecule has 2 rings (SSSR count). The molecule has 2 heterocycles.